The summed E-state index contributed by atoms with van der Waals surface area (Å²) in [6.07, 6.45) is 0. The van der Waals surface area contributed by atoms with Gasteiger partial charge in [-0.15, -0.1) is 0 Å². The average Bonchev–Trinajstić information content (AvgIpc) is 2.50. The van der Waals surface area contributed by atoms with Crippen LogP contribution in [0.1, 0.15) is 22.3 Å². The van der Waals surface area contributed by atoms with Crippen molar-refractivity contribution in [2.75, 3.05) is 7.11 Å². The quantitative estimate of drug-likeness (QED) is 0.914. The Balaban J connectivity index is 2.47. The second kappa shape index (κ2) is 5.67. The number of hydrogen-bond donors (Lipinski definition) is 1. The molecule has 1 aromatic carbocycles. The van der Waals surface area contributed by atoms with Crippen molar-refractivity contribution < 1.29 is 4.74 Å². The molecule has 0 radical (unpaired) electrons. The lowest BCUT2D eigenvalue weighted by molar-refractivity contribution is 0.412. The normalized spacial score (nSPS) is 10.2. The van der Waals surface area contributed by atoms with Gasteiger partial charge in [0.15, 0.2) is 0 Å². The van der Waals surface area contributed by atoms with Crippen molar-refractivity contribution in [3.05, 3.63) is 61.2 Å². The molecule has 0 saturated heterocycles. The van der Waals surface area contributed by atoms with E-state index in [0.717, 1.165) is 5.56 Å². The SMILES string of the molecule is COc1cc(Cn2[nH]c(=O)c(C)c(C)c2=O)ccc1C#N. The summed E-state index contributed by atoms with van der Waals surface area (Å²) in [5, 5.41) is 11.5. The van der Waals surface area contributed by atoms with Crippen LogP contribution < -0.4 is 15.9 Å². The van der Waals surface area contributed by atoms with Crippen LogP contribution in [-0.4, -0.2) is 16.9 Å². The van der Waals surface area contributed by atoms with E-state index >= 15 is 0 Å². The lowest BCUT2D eigenvalue weighted by atomic mass is 10.1. The molecule has 0 aliphatic heterocycles. The van der Waals surface area contributed by atoms with Gasteiger partial charge in [0, 0.05) is 11.1 Å². The van der Waals surface area contributed by atoms with Gasteiger partial charge in [-0.1, -0.05) is 6.07 Å². The fraction of sp³-hybridized carbons (Fsp3) is 0.267. The minimum absolute atomic E-state index is 0.206. The number of aromatic nitrogens is 2. The molecular weight excluding hydrogens is 270 g/mol. The molecule has 2 aromatic rings. The zero-order valence-corrected chi connectivity index (χ0v) is 12.1. The third-order valence-electron chi connectivity index (χ3n) is 3.43. The predicted octanol–water partition coefficient (Wildman–Crippen LogP) is 1.08. The number of nitriles is 1. The molecule has 1 heterocycles. The van der Waals surface area contributed by atoms with Gasteiger partial charge < -0.3 is 4.74 Å². The van der Waals surface area contributed by atoms with E-state index < -0.39 is 0 Å². The molecule has 21 heavy (non-hydrogen) atoms. The van der Waals surface area contributed by atoms with Crippen LogP contribution in [-0.2, 0) is 6.54 Å². The molecule has 1 aromatic heterocycles. The molecule has 0 unspecified atom stereocenters. The van der Waals surface area contributed by atoms with E-state index in [1.807, 2.05) is 6.07 Å². The topological polar surface area (TPSA) is 87.9 Å². The van der Waals surface area contributed by atoms with Crippen LogP contribution in [0.4, 0.5) is 0 Å². The number of methoxy groups -OCH3 is 1. The lowest BCUT2D eigenvalue weighted by Crippen LogP contribution is -2.33. The second-order valence-electron chi connectivity index (χ2n) is 4.73. The van der Waals surface area contributed by atoms with Crippen LogP contribution in [0.5, 0.6) is 5.75 Å². The van der Waals surface area contributed by atoms with Crippen LogP contribution in [0.25, 0.3) is 0 Å². The van der Waals surface area contributed by atoms with Gasteiger partial charge in [0.2, 0.25) is 0 Å². The number of nitrogens with one attached hydrogen (secondary N) is 1. The zero-order valence-electron chi connectivity index (χ0n) is 12.1. The smallest absolute Gasteiger partial charge is 0.268 e. The van der Waals surface area contributed by atoms with Crippen molar-refractivity contribution in [1.82, 2.24) is 9.78 Å². The van der Waals surface area contributed by atoms with Gasteiger partial charge in [0.25, 0.3) is 11.1 Å². The molecule has 2 rings (SSSR count). The summed E-state index contributed by atoms with van der Waals surface area (Å²) < 4.78 is 6.39. The van der Waals surface area contributed by atoms with Gasteiger partial charge >= 0.3 is 0 Å². The lowest BCUT2D eigenvalue weighted by Gasteiger charge is -2.10. The Kier molecular flexibility index (Phi) is 3.94. The molecule has 1 N–H and O–H groups in total. The van der Waals surface area contributed by atoms with Crippen molar-refractivity contribution in [2.24, 2.45) is 0 Å². The second-order valence-corrected chi connectivity index (χ2v) is 4.73. The third kappa shape index (κ3) is 2.72. The fourth-order valence-electron chi connectivity index (χ4n) is 2.01. The maximum absolute atomic E-state index is 12.1. The van der Waals surface area contributed by atoms with E-state index in [4.69, 9.17) is 10.00 Å². The zero-order chi connectivity index (χ0) is 15.6. The number of hydrogen-bond acceptors (Lipinski definition) is 4. The Morgan fingerprint density at radius 3 is 2.62 bits per heavy atom. The number of benzene rings is 1. The van der Waals surface area contributed by atoms with Crippen LogP contribution in [0.3, 0.4) is 0 Å². The van der Waals surface area contributed by atoms with Crippen LogP contribution in [0.15, 0.2) is 27.8 Å². The maximum Gasteiger partial charge on any atom is 0.268 e. The van der Waals surface area contributed by atoms with Crippen molar-refractivity contribution in [1.29, 1.82) is 5.26 Å². The van der Waals surface area contributed by atoms with E-state index in [-0.39, 0.29) is 17.7 Å². The monoisotopic (exact) mass is 285 g/mol. The molecular formula is C15H15N3O3. The minimum atomic E-state index is -0.285. The first-order valence-corrected chi connectivity index (χ1v) is 6.35. The summed E-state index contributed by atoms with van der Waals surface area (Å²) in [6, 6.07) is 7.05. The first-order valence-electron chi connectivity index (χ1n) is 6.35. The van der Waals surface area contributed by atoms with Gasteiger partial charge in [-0.25, -0.2) is 4.68 Å². The standard InChI is InChI=1S/C15H15N3O3/c1-9-10(2)15(20)18(17-14(9)19)8-11-4-5-12(7-16)13(6-11)21-3/h4-6H,8H2,1-3H3,(H,17,19). The summed E-state index contributed by atoms with van der Waals surface area (Å²) in [6.45, 7) is 3.45. The summed E-state index contributed by atoms with van der Waals surface area (Å²) in [4.78, 5) is 23.9. The molecule has 0 amide bonds. The van der Waals surface area contributed by atoms with E-state index in [1.54, 1.807) is 32.0 Å². The van der Waals surface area contributed by atoms with Gasteiger partial charge in [-0.05, 0) is 31.5 Å². The number of nitrogens with zero attached hydrogens (tertiary/aromatic N) is 2. The molecule has 0 fully saturated rings. The van der Waals surface area contributed by atoms with Crippen molar-refractivity contribution in [2.45, 2.75) is 20.4 Å². The van der Waals surface area contributed by atoms with Gasteiger partial charge in [-0.2, -0.15) is 5.26 Å². The van der Waals surface area contributed by atoms with Gasteiger partial charge in [0.1, 0.15) is 11.8 Å². The molecule has 108 valence electrons. The maximum atomic E-state index is 12.1. The number of rotatable bonds is 3. The van der Waals surface area contributed by atoms with Gasteiger partial charge in [-0.3, -0.25) is 14.7 Å². The summed E-state index contributed by atoms with van der Waals surface area (Å²) in [7, 11) is 1.48. The van der Waals surface area contributed by atoms with Crippen LogP contribution in [0, 0.1) is 25.2 Å². The minimum Gasteiger partial charge on any atom is -0.495 e. The van der Waals surface area contributed by atoms with Gasteiger partial charge in [0.05, 0.1) is 19.2 Å². The molecule has 0 spiro atoms. The number of H-pyrrole nitrogens is 1. The number of aromatic amines is 1. The van der Waals surface area contributed by atoms with Crippen molar-refractivity contribution >= 4 is 0 Å². The predicted molar refractivity (Wildman–Crippen MR) is 77.6 cm³/mol. The Morgan fingerprint density at radius 1 is 1.29 bits per heavy atom. The fourth-order valence-corrected chi connectivity index (χ4v) is 2.01. The largest absolute Gasteiger partial charge is 0.495 e. The van der Waals surface area contributed by atoms with E-state index in [0.29, 0.717) is 22.4 Å². The molecule has 6 nitrogen and oxygen atoms in total. The molecule has 0 aliphatic rings. The molecule has 0 atom stereocenters. The Morgan fingerprint density at radius 2 is 2.00 bits per heavy atom. The Hall–Kier alpha value is -2.81. The summed E-state index contributed by atoms with van der Waals surface area (Å²) in [5.74, 6) is 0.439. The highest BCUT2D eigenvalue weighted by Gasteiger charge is 2.09. The molecule has 0 saturated carbocycles. The highest BCUT2D eigenvalue weighted by molar-refractivity contribution is 5.45. The highest BCUT2D eigenvalue weighted by atomic mass is 16.5. The van der Waals surface area contributed by atoms with E-state index in [2.05, 4.69) is 5.10 Å². The third-order valence-corrected chi connectivity index (χ3v) is 3.43. The van der Waals surface area contributed by atoms with Crippen molar-refractivity contribution in [3.63, 3.8) is 0 Å². The summed E-state index contributed by atoms with van der Waals surface area (Å²) >= 11 is 0. The average molecular weight is 285 g/mol. The van der Waals surface area contributed by atoms with E-state index in [1.165, 1.54) is 11.8 Å². The first-order chi connectivity index (χ1) is 9.97. The molecule has 6 heteroatoms. The van der Waals surface area contributed by atoms with Crippen LogP contribution in [0.2, 0.25) is 0 Å². The van der Waals surface area contributed by atoms with Crippen LogP contribution >= 0.6 is 0 Å². The Labute approximate surface area is 121 Å². The van der Waals surface area contributed by atoms with E-state index in [9.17, 15) is 9.59 Å². The summed E-state index contributed by atoms with van der Waals surface area (Å²) in [5.41, 5.74) is 1.50. The number of ether oxygens (including phenoxy) is 1. The first kappa shape index (κ1) is 14.6. The molecule has 0 aliphatic carbocycles. The highest BCUT2D eigenvalue weighted by Crippen LogP contribution is 2.19. The Bertz CT molecular complexity index is 841. The molecule has 0 bridgehead atoms. The van der Waals surface area contributed by atoms with Crippen molar-refractivity contribution in [3.8, 4) is 11.8 Å².